The molecule has 10 aromatic rings. The molecule has 0 fully saturated rings. The molecule has 7 aromatic carbocycles. The Balaban J connectivity index is 1.21. The monoisotopic (exact) mass is 687 g/mol. The van der Waals surface area contributed by atoms with Gasteiger partial charge in [-0.1, -0.05) is 146 Å². The second-order valence-electron chi connectivity index (χ2n) is 13.6. The first kappa shape index (κ1) is 31.5. The fourth-order valence-electron chi connectivity index (χ4n) is 7.96. The zero-order chi connectivity index (χ0) is 35.8. The molecule has 252 valence electrons. The third-order valence-corrected chi connectivity index (χ3v) is 10.4. The molecule has 3 heteroatoms. The number of pyridine rings is 3. The summed E-state index contributed by atoms with van der Waals surface area (Å²) in [5.41, 5.74) is 12.8. The van der Waals surface area contributed by atoms with Crippen LogP contribution in [0.3, 0.4) is 0 Å². The molecular formula is C51H33N3. The lowest BCUT2D eigenvalue weighted by molar-refractivity contribution is 1.22. The van der Waals surface area contributed by atoms with Gasteiger partial charge in [0.2, 0.25) is 0 Å². The molecule has 0 aliphatic carbocycles. The molecule has 10 rings (SSSR count). The molecule has 0 saturated carbocycles. The molecule has 0 unspecified atom stereocenters. The molecule has 0 aliphatic heterocycles. The highest BCUT2D eigenvalue weighted by Crippen LogP contribution is 2.46. The van der Waals surface area contributed by atoms with Crippen LogP contribution in [0.1, 0.15) is 0 Å². The number of aromatic nitrogens is 3. The fourth-order valence-corrected chi connectivity index (χ4v) is 7.96. The van der Waals surface area contributed by atoms with Crippen molar-refractivity contribution in [3.8, 4) is 67.3 Å². The minimum absolute atomic E-state index is 0.811. The quantitative estimate of drug-likeness (QED) is 0.163. The van der Waals surface area contributed by atoms with E-state index in [9.17, 15) is 0 Å². The van der Waals surface area contributed by atoms with E-state index >= 15 is 0 Å². The molecule has 0 saturated heterocycles. The molecule has 0 bridgehead atoms. The number of fused-ring (bicyclic) bond motifs is 3. The van der Waals surface area contributed by atoms with Crippen LogP contribution in [0.2, 0.25) is 0 Å². The maximum atomic E-state index is 5.03. The van der Waals surface area contributed by atoms with Crippen molar-refractivity contribution in [2.75, 3.05) is 0 Å². The maximum absolute atomic E-state index is 5.03. The summed E-state index contributed by atoms with van der Waals surface area (Å²) in [5, 5.41) is 7.34. The predicted molar refractivity (Wildman–Crippen MR) is 225 cm³/mol. The molecule has 0 atom stereocenters. The second kappa shape index (κ2) is 13.4. The molecule has 0 N–H and O–H groups in total. The number of nitrogens with zero attached hydrogens (tertiary/aromatic N) is 3. The summed E-state index contributed by atoms with van der Waals surface area (Å²) in [6.45, 7) is 0. The average molecular weight is 688 g/mol. The van der Waals surface area contributed by atoms with Gasteiger partial charge in [0.05, 0.1) is 22.8 Å². The lowest BCUT2D eigenvalue weighted by Gasteiger charge is -2.19. The Hall–Kier alpha value is -7.23. The van der Waals surface area contributed by atoms with E-state index in [1.54, 1.807) is 0 Å². The average Bonchev–Trinajstić information content (AvgIpc) is 3.26. The number of rotatable bonds is 6. The summed E-state index contributed by atoms with van der Waals surface area (Å²) in [5.74, 6) is 0. The van der Waals surface area contributed by atoms with Crippen molar-refractivity contribution in [1.82, 2.24) is 15.0 Å². The highest BCUT2D eigenvalue weighted by Gasteiger charge is 2.19. The summed E-state index contributed by atoms with van der Waals surface area (Å²) < 4.78 is 0. The van der Waals surface area contributed by atoms with Gasteiger partial charge in [0.1, 0.15) is 0 Å². The van der Waals surface area contributed by atoms with Gasteiger partial charge in [-0.3, -0.25) is 9.97 Å². The van der Waals surface area contributed by atoms with Crippen molar-refractivity contribution < 1.29 is 0 Å². The first-order valence-corrected chi connectivity index (χ1v) is 18.3. The molecular weight excluding hydrogens is 655 g/mol. The summed E-state index contributed by atoms with van der Waals surface area (Å²) in [6.07, 6.45) is 3.62. The van der Waals surface area contributed by atoms with Gasteiger partial charge in [0.25, 0.3) is 0 Å². The fraction of sp³-hybridized carbons (Fsp3) is 0. The Labute approximate surface area is 313 Å². The second-order valence-corrected chi connectivity index (χ2v) is 13.6. The van der Waals surface area contributed by atoms with Crippen LogP contribution in [0.4, 0.5) is 0 Å². The van der Waals surface area contributed by atoms with Crippen molar-refractivity contribution in [3.05, 3.63) is 200 Å². The molecule has 0 spiro atoms. The Morgan fingerprint density at radius 3 is 1.22 bits per heavy atom. The van der Waals surface area contributed by atoms with E-state index in [0.29, 0.717) is 0 Å². The molecule has 0 radical (unpaired) electrons. The first-order chi connectivity index (χ1) is 26.8. The first-order valence-electron chi connectivity index (χ1n) is 18.3. The highest BCUT2D eigenvalue weighted by molar-refractivity contribution is 6.22. The molecule has 3 nitrogen and oxygen atoms in total. The van der Waals surface area contributed by atoms with Crippen LogP contribution >= 0.6 is 0 Å². The van der Waals surface area contributed by atoms with Crippen LogP contribution < -0.4 is 0 Å². The minimum Gasteiger partial charge on any atom is -0.255 e. The van der Waals surface area contributed by atoms with Gasteiger partial charge < -0.3 is 0 Å². The SMILES string of the molecule is c1ccc(-c2c3ccccc3c(-c3ccccc3)c3cc(-c4ccc(-c5cc(-c6ccccn6)nc(-c6ccccn6)c5)c5ccccc45)ccc23)cc1. The molecule has 3 aromatic heterocycles. The summed E-state index contributed by atoms with van der Waals surface area (Å²) in [7, 11) is 0. The predicted octanol–water partition coefficient (Wildman–Crippen LogP) is 13.3. The third-order valence-electron chi connectivity index (χ3n) is 10.4. The number of hydrogen-bond acceptors (Lipinski definition) is 3. The Kier molecular flexibility index (Phi) is 7.81. The van der Waals surface area contributed by atoms with Gasteiger partial charge in [0.15, 0.2) is 0 Å². The lowest BCUT2D eigenvalue weighted by Crippen LogP contribution is -1.95. The Morgan fingerprint density at radius 2 is 0.704 bits per heavy atom. The van der Waals surface area contributed by atoms with E-state index in [1.807, 2.05) is 48.8 Å². The van der Waals surface area contributed by atoms with Gasteiger partial charge in [-0.2, -0.15) is 0 Å². The van der Waals surface area contributed by atoms with Gasteiger partial charge >= 0.3 is 0 Å². The van der Waals surface area contributed by atoms with Crippen LogP contribution in [0, 0.1) is 0 Å². The van der Waals surface area contributed by atoms with Gasteiger partial charge in [-0.05, 0) is 119 Å². The zero-order valence-electron chi connectivity index (χ0n) is 29.4. The maximum Gasteiger partial charge on any atom is 0.0900 e. The van der Waals surface area contributed by atoms with Crippen molar-refractivity contribution >= 4 is 32.3 Å². The van der Waals surface area contributed by atoms with Crippen LogP contribution in [0.15, 0.2) is 200 Å². The van der Waals surface area contributed by atoms with Crippen LogP contribution in [0.25, 0.3) is 99.6 Å². The zero-order valence-corrected chi connectivity index (χ0v) is 29.4. The summed E-state index contributed by atoms with van der Waals surface area (Å²) in [4.78, 5) is 14.3. The number of benzene rings is 7. The molecule has 3 heterocycles. The smallest absolute Gasteiger partial charge is 0.0900 e. The van der Waals surface area contributed by atoms with Gasteiger partial charge in [-0.25, -0.2) is 4.98 Å². The number of hydrogen-bond donors (Lipinski definition) is 0. The topological polar surface area (TPSA) is 38.7 Å². The van der Waals surface area contributed by atoms with Crippen LogP contribution in [0.5, 0.6) is 0 Å². The van der Waals surface area contributed by atoms with E-state index in [-0.39, 0.29) is 0 Å². The van der Waals surface area contributed by atoms with Crippen LogP contribution in [-0.2, 0) is 0 Å². The highest BCUT2D eigenvalue weighted by atomic mass is 14.8. The van der Waals surface area contributed by atoms with Crippen molar-refractivity contribution in [2.45, 2.75) is 0 Å². The molecule has 0 aliphatic rings. The summed E-state index contributed by atoms with van der Waals surface area (Å²) in [6, 6.07) is 66.9. The third kappa shape index (κ3) is 5.51. The van der Waals surface area contributed by atoms with Crippen LogP contribution in [-0.4, -0.2) is 15.0 Å². The summed E-state index contributed by atoms with van der Waals surface area (Å²) >= 11 is 0. The molecule has 0 amide bonds. The largest absolute Gasteiger partial charge is 0.255 e. The standard InChI is InChI=1S/C51H33N3/c1-3-15-34(16-4-1)50-42-21-9-10-22-43(42)51(35-17-5-2-6-18-35)45-31-36(25-26-44(45)50)38-27-28-39(41-20-8-7-19-40(38)41)37-32-48(46-23-11-13-29-52-46)54-49(33-37)47-24-12-14-30-53-47/h1-33H. The van der Waals surface area contributed by atoms with Gasteiger partial charge in [0, 0.05) is 12.4 Å². The van der Waals surface area contributed by atoms with E-state index < -0.39 is 0 Å². The van der Waals surface area contributed by atoms with E-state index in [2.05, 4.69) is 162 Å². The van der Waals surface area contributed by atoms with Crippen molar-refractivity contribution in [2.24, 2.45) is 0 Å². The molecule has 54 heavy (non-hydrogen) atoms. The Morgan fingerprint density at radius 1 is 0.259 bits per heavy atom. The minimum atomic E-state index is 0.811. The van der Waals surface area contributed by atoms with E-state index in [1.165, 1.54) is 65.7 Å². The normalized spacial score (nSPS) is 11.3. The van der Waals surface area contributed by atoms with E-state index in [0.717, 1.165) is 33.9 Å². The van der Waals surface area contributed by atoms with Crippen molar-refractivity contribution in [1.29, 1.82) is 0 Å². The van der Waals surface area contributed by atoms with Gasteiger partial charge in [-0.15, -0.1) is 0 Å². The lowest BCUT2D eigenvalue weighted by atomic mass is 9.84. The Bertz CT molecular complexity index is 2900. The van der Waals surface area contributed by atoms with Crippen molar-refractivity contribution in [3.63, 3.8) is 0 Å². The van der Waals surface area contributed by atoms with E-state index in [4.69, 9.17) is 4.98 Å².